The molecule has 9 heteroatoms. The molecule has 0 bridgehead atoms. The highest BCUT2D eigenvalue weighted by molar-refractivity contribution is 14.0. The number of halogens is 3. The monoisotopic (exact) mass is 569 g/mol. The zero-order valence-electron chi connectivity index (χ0n) is 18.2. The van der Waals surface area contributed by atoms with Gasteiger partial charge in [0.05, 0.1) is 15.5 Å². The molecule has 0 saturated carbocycles. The van der Waals surface area contributed by atoms with Crippen molar-refractivity contribution in [1.82, 2.24) is 20.9 Å². The molecule has 0 unspecified atom stereocenters. The molecule has 30 heavy (non-hydrogen) atoms. The standard InChI is InChI=1S/C21H33Cl2N5O.HI/c1-5-25-19(29)21(2,3)14-26-20(24-4)27-16-8-10-28(11-9-16)13-15-6-7-17(22)18(23)12-15;/h6-7,12,16H,5,8-11,13-14H2,1-4H3,(H,25,29)(H2,24,26,27);1H. The van der Waals surface area contributed by atoms with Crippen molar-refractivity contribution < 1.29 is 4.79 Å². The van der Waals surface area contributed by atoms with Crippen LogP contribution in [-0.2, 0) is 11.3 Å². The molecule has 3 N–H and O–H groups in total. The summed E-state index contributed by atoms with van der Waals surface area (Å²) in [5.74, 6) is 0.781. The predicted octanol–water partition coefficient (Wildman–Crippen LogP) is 3.90. The molecule has 6 nitrogen and oxygen atoms in total. The molecule has 1 fully saturated rings. The van der Waals surface area contributed by atoms with Crippen LogP contribution in [0.25, 0.3) is 0 Å². The van der Waals surface area contributed by atoms with E-state index in [1.807, 2.05) is 39.0 Å². The Balaban J connectivity index is 0.00000450. The Bertz CT molecular complexity index is 721. The Labute approximate surface area is 207 Å². The Hall–Kier alpha value is -0.770. The van der Waals surface area contributed by atoms with Crippen LogP contribution in [0.15, 0.2) is 23.2 Å². The van der Waals surface area contributed by atoms with Crippen molar-refractivity contribution in [2.75, 3.05) is 33.2 Å². The van der Waals surface area contributed by atoms with E-state index in [9.17, 15) is 4.79 Å². The third-order valence-corrected chi connectivity index (χ3v) is 5.93. The normalized spacial score (nSPS) is 16.0. The van der Waals surface area contributed by atoms with Crippen molar-refractivity contribution in [2.24, 2.45) is 10.4 Å². The molecule has 1 aliphatic rings. The maximum absolute atomic E-state index is 12.1. The van der Waals surface area contributed by atoms with Gasteiger partial charge < -0.3 is 16.0 Å². The van der Waals surface area contributed by atoms with E-state index in [2.05, 4.69) is 25.8 Å². The number of nitrogens with zero attached hydrogens (tertiary/aromatic N) is 2. The molecule has 1 aromatic carbocycles. The minimum Gasteiger partial charge on any atom is -0.356 e. The average Bonchev–Trinajstić information content (AvgIpc) is 2.69. The molecule has 0 atom stereocenters. The minimum absolute atomic E-state index is 0. The quantitative estimate of drug-likeness (QED) is 0.265. The van der Waals surface area contributed by atoms with Crippen molar-refractivity contribution in [1.29, 1.82) is 0 Å². The van der Waals surface area contributed by atoms with E-state index >= 15 is 0 Å². The van der Waals surface area contributed by atoms with Crippen molar-refractivity contribution in [3.05, 3.63) is 33.8 Å². The molecule has 0 radical (unpaired) electrons. The molecule has 0 spiro atoms. The van der Waals surface area contributed by atoms with Crippen molar-refractivity contribution in [3.8, 4) is 0 Å². The topological polar surface area (TPSA) is 68.8 Å². The van der Waals surface area contributed by atoms with Gasteiger partial charge in [-0.05, 0) is 51.3 Å². The lowest BCUT2D eigenvalue weighted by Crippen LogP contribution is -2.51. The first-order chi connectivity index (χ1) is 13.7. The van der Waals surface area contributed by atoms with Gasteiger partial charge in [0, 0.05) is 45.8 Å². The number of piperidine rings is 1. The predicted molar refractivity (Wildman–Crippen MR) is 137 cm³/mol. The second kappa shape index (κ2) is 12.9. The van der Waals surface area contributed by atoms with E-state index in [0.29, 0.717) is 29.2 Å². The third kappa shape index (κ3) is 8.40. The number of hydrogen-bond acceptors (Lipinski definition) is 3. The number of carbonyl (C=O) groups excluding carboxylic acids is 1. The fraction of sp³-hybridized carbons (Fsp3) is 0.619. The zero-order chi connectivity index (χ0) is 21.4. The summed E-state index contributed by atoms with van der Waals surface area (Å²) in [6, 6.07) is 6.18. The number of hydrogen-bond donors (Lipinski definition) is 3. The number of likely N-dealkylation sites (tertiary alicyclic amines) is 1. The second-order valence-corrected chi connectivity index (χ2v) is 8.93. The van der Waals surface area contributed by atoms with E-state index in [4.69, 9.17) is 23.2 Å². The van der Waals surface area contributed by atoms with Crippen LogP contribution in [-0.4, -0.2) is 56.0 Å². The summed E-state index contributed by atoms with van der Waals surface area (Å²) in [5, 5.41) is 10.9. The van der Waals surface area contributed by atoms with Gasteiger partial charge >= 0.3 is 0 Å². The van der Waals surface area contributed by atoms with Gasteiger partial charge in [0.15, 0.2) is 5.96 Å². The van der Waals surface area contributed by atoms with Crippen LogP contribution in [0.2, 0.25) is 10.0 Å². The molecular weight excluding hydrogens is 536 g/mol. The molecule has 1 aliphatic heterocycles. The highest BCUT2D eigenvalue weighted by Gasteiger charge is 2.28. The fourth-order valence-corrected chi connectivity index (χ4v) is 3.63. The van der Waals surface area contributed by atoms with Crippen LogP contribution in [0.3, 0.4) is 0 Å². The van der Waals surface area contributed by atoms with Crippen LogP contribution in [0, 0.1) is 5.41 Å². The first-order valence-corrected chi connectivity index (χ1v) is 10.9. The van der Waals surface area contributed by atoms with Crippen molar-refractivity contribution in [2.45, 2.75) is 46.2 Å². The zero-order valence-corrected chi connectivity index (χ0v) is 22.1. The van der Waals surface area contributed by atoms with E-state index in [-0.39, 0.29) is 29.9 Å². The number of nitrogens with one attached hydrogen (secondary N) is 3. The van der Waals surface area contributed by atoms with Crippen molar-refractivity contribution >= 4 is 59.0 Å². The number of amides is 1. The SMILES string of the molecule is CCNC(=O)C(C)(C)CNC(=NC)NC1CCN(Cc2ccc(Cl)c(Cl)c2)CC1.I. The van der Waals surface area contributed by atoms with E-state index < -0.39 is 5.41 Å². The summed E-state index contributed by atoms with van der Waals surface area (Å²) in [6.07, 6.45) is 2.06. The van der Waals surface area contributed by atoms with Gasteiger partial charge in [0.25, 0.3) is 0 Å². The summed E-state index contributed by atoms with van der Waals surface area (Å²) in [5.41, 5.74) is 0.674. The summed E-state index contributed by atoms with van der Waals surface area (Å²) in [6.45, 7) is 9.82. The molecule has 0 aromatic heterocycles. The summed E-state index contributed by atoms with van der Waals surface area (Å²) in [7, 11) is 1.76. The highest BCUT2D eigenvalue weighted by Crippen LogP contribution is 2.24. The van der Waals surface area contributed by atoms with Crippen LogP contribution >= 0.6 is 47.2 Å². The summed E-state index contributed by atoms with van der Waals surface area (Å²) < 4.78 is 0. The number of guanidine groups is 1. The minimum atomic E-state index is -0.503. The van der Waals surface area contributed by atoms with Gasteiger partial charge in [-0.2, -0.15) is 0 Å². The lowest BCUT2D eigenvalue weighted by atomic mass is 9.92. The fourth-order valence-electron chi connectivity index (χ4n) is 3.30. The van der Waals surface area contributed by atoms with E-state index in [0.717, 1.165) is 38.4 Å². The first-order valence-electron chi connectivity index (χ1n) is 10.2. The van der Waals surface area contributed by atoms with Gasteiger partial charge in [-0.15, -0.1) is 24.0 Å². The number of aliphatic imine (C=N–C) groups is 1. The van der Waals surface area contributed by atoms with Gasteiger partial charge in [-0.25, -0.2) is 0 Å². The smallest absolute Gasteiger partial charge is 0.227 e. The van der Waals surface area contributed by atoms with Gasteiger partial charge in [0.1, 0.15) is 0 Å². The summed E-state index contributed by atoms with van der Waals surface area (Å²) in [4.78, 5) is 18.9. The second-order valence-electron chi connectivity index (χ2n) is 8.11. The van der Waals surface area contributed by atoms with Gasteiger partial charge in [-0.1, -0.05) is 29.3 Å². The van der Waals surface area contributed by atoms with Crippen LogP contribution in [0.1, 0.15) is 39.2 Å². The van der Waals surface area contributed by atoms with Crippen molar-refractivity contribution in [3.63, 3.8) is 0 Å². The van der Waals surface area contributed by atoms with Gasteiger partial charge in [0.2, 0.25) is 5.91 Å². The first kappa shape index (κ1) is 27.3. The largest absolute Gasteiger partial charge is 0.356 e. The number of rotatable bonds is 7. The lowest BCUT2D eigenvalue weighted by Gasteiger charge is -2.33. The molecular formula is C21H34Cl2IN5O. The molecule has 1 amide bonds. The Kier molecular flexibility index (Phi) is 11.8. The van der Waals surface area contributed by atoms with Crippen LogP contribution < -0.4 is 16.0 Å². The van der Waals surface area contributed by atoms with Crippen LogP contribution in [0.4, 0.5) is 0 Å². The van der Waals surface area contributed by atoms with Gasteiger partial charge in [-0.3, -0.25) is 14.7 Å². The molecule has 170 valence electrons. The Morgan fingerprint density at radius 2 is 1.87 bits per heavy atom. The molecule has 1 aromatic rings. The van der Waals surface area contributed by atoms with E-state index in [1.54, 1.807) is 7.05 Å². The van der Waals surface area contributed by atoms with Crippen LogP contribution in [0.5, 0.6) is 0 Å². The lowest BCUT2D eigenvalue weighted by molar-refractivity contribution is -0.128. The Morgan fingerprint density at radius 3 is 2.43 bits per heavy atom. The third-order valence-electron chi connectivity index (χ3n) is 5.19. The maximum atomic E-state index is 12.1. The number of carbonyl (C=O) groups is 1. The maximum Gasteiger partial charge on any atom is 0.227 e. The molecule has 0 aliphatic carbocycles. The number of benzene rings is 1. The molecule has 1 heterocycles. The highest BCUT2D eigenvalue weighted by atomic mass is 127. The molecule has 1 saturated heterocycles. The summed E-state index contributed by atoms with van der Waals surface area (Å²) >= 11 is 12.1. The molecule has 2 rings (SSSR count). The Morgan fingerprint density at radius 1 is 1.20 bits per heavy atom. The van der Waals surface area contributed by atoms with E-state index in [1.165, 1.54) is 5.56 Å². The average molecular weight is 570 g/mol.